The van der Waals surface area contributed by atoms with Crippen molar-refractivity contribution in [3.63, 3.8) is 0 Å². The zero-order valence-electron chi connectivity index (χ0n) is 11.4. The normalized spacial score (nSPS) is 17.3. The van der Waals surface area contributed by atoms with Gasteiger partial charge in [0.1, 0.15) is 0 Å². The van der Waals surface area contributed by atoms with Crippen molar-refractivity contribution in [2.24, 2.45) is 0 Å². The lowest BCUT2D eigenvalue weighted by atomic mass is 9.91. The first-order valence-corrected chi connectivity index (χ1v) is 7.48. The molecule has 0 bridgehead atoms. The molecule has 19 heavy (non-hydrogen) atoms. The van der Waals surface area contributed by atoms with Gasteiger partial charge < -0.3 is 14.6 Å². The molecule has 1 aromatic rings. The van der Waals surface area contributed by atoms with E-state index in [2.05, 4.69) is 0 Å². The third-order valence-corrected chi connectivity index (χ3v) is 4.61. The summed E-state index contributed by atoms with van der Waals surface area (Å²) in [5.74, 6) is 0.0686. The van der Waals surface area contributed by atoms with Crippen molar-refractivity contribution >= 4 is 17.2 Å². The first-order valence-electron chi connectivity index (χ1n) is 6.60. The second kappa shape index (κ2) is 5.46. The van der Waals surface area contributed by atoms with Gasteiger partial charge in [0.15, 0.2) is 0 Å². The maximum absolute atomic E-state index is 11.9. The highest BCUT2D eigenvalue weighted by atomic mass is 32.1. The van der Waals surface area contributed by atoms with Crippen molar-refractivity contribution in [2.45, 2.75) is 45.3 Å². The van der Waals surface area contributed by atoms with Gasteiger partial charge in [-0.1, -0.05) is 18.3 Å². The number of aromatic nitrogens is 1. The van der Waals surface area contributed by atoms with Crippen LogP contribution in [0.3, 0.4) is 0 Å². The Hall–Kier alpha value is -1.14. The third kappa shape index (κ3) is 3.06. The van der Waals surface area contributed by atoms with Gasteiger partial charge in [0.05, 0.1) is 18.7 Å². The van der Waals surface area contributed by atoms with Crippen LogP contribution in [0.4, 0.5) is 0 Å². The van der Waals surface area contributed by atoms with E-state index in [1.165, 1.54) is 11.3 Å². The Morgan fingerprint density at radius 2 is 2.21 bits per heavy atom. The van der Waals surface area contributed by atoms with E-state index in [-0.39, 0.29) is 10.8 Å². The van der Waals surface area contributed by atoms with Gasteiger partial charge in [-0.25, -0.2) is 0 Å². The van der Waals surface area contributed by atoms with Crippen LogP contribution in [0.2, 0.25) is 0 Å². The summed E-state index contributed by atoms with van der Waals surface area (Å²) in [6, 6.07) is 0. The van der Waals surface area contributed by atoms with Crippen LogP contribution in [0, 0.1) is 6.92 Å². The Morgan fingerprint density at radius 1 is 1.53 bits per heavy atom. The molecule has 0 radical (unpaired) electrons. The number of rotatable bonds is 5. The van der Waals surface area contributed by atoms with E-state index in [0.717, 1.165) is 5.69 Å². The fourth-order valence-corrected chi connectivity index (χ4v) is 3.05. The number of aryl methyl sites for hydroxylation is 1. The molecule has 0 saturated carbocycles. The molecule has 2 rings (SSSR count). The molecule has 106 valence electrons. The van der Waals surface area contributed by atoms with Gasteiger partial charge in [0.2, 0.25) is 5.91 Å². The standard InChI is InChI=1S/C13H20N2O3S/c1-3-13(18)8-14(9-13)11(16)5-4-6-15-10(2)7-19-12(15)17/h7,18H,3-6,8-9H2,1-2H3. The summed E-state index contributed by atoms with van der Waals surface area (Å²) >= 11 is 1.19. The molecular weight excluding hydrogens is 264 g/mol. The maximum Gasteiger partial charge on any atom is 0.307 e. The average Bonchev–Trinajstić information content (AvgIpc) is 2.66. The molecule has 6 heteroatoms. The molecule has 2 heterocycles. The highest BCUT2D eigenvalue weighted by Gasteiger charge is 2.41. The molecule has 0 aliphatic carbocycles. The highest BCUT2D eigenvalue weighted by molar-refractivity contribution is 7.07. The summed E-state index contributed by atoms with van der Waals surface area (Å²) in [5.41, 5.74) is 0.281. The van der Waals surface area contributed by atoms with Gasteiger partial charge in [-0.15, -0.1) is 0 Å². The summed E-state index contributed by atoms with van der Waals surface area (Å²) in [6.07, 6.45) is 1.78. The lowest BCUT2D eigenvalue weighted by Gasteiger charge is -2.46. The van der Waals surface area contributed by atoms with Crippen molar-refractivity contribution in [1.29, 1.82) is 0 Å². The highest BCUT2D eigenvalue weighted by Crippen LogP contribution is 2.24. The van der Waals surface area contributed by atoms with Gasteiger partial charge >= 0.3 is 4.87 Å². The predicted molar refractivity (Wildman–Crippen MR) is 74.4 cm³/mol. The first kappa shape index (κ1) is 14.3. The predicted octanol–water partition coefficient (Wildman–Crippen LogP) is 0.982. The van der Waals surface area contributed by atoms with E-state index in [1.54, 1.807) is 9.47 Å². The van der Waals surface area contributed by atoms with Gasteiger partial charge in [0, 0.05) is 24.0 Å². The molecule has 1 N–H and O–H groups in total. The lowest BCUT2D eigenvalue weighted by molar-refractivity contribution is -0.155. The zero-order valence-corrected chi connectivity index (χ0v) is 12.2. The smallest absolute Gasteiger partial charge is 0.307 e. The van der Waals surface area contributed by atoms with Crippen LogP contribution >= 0.6 is 11.3 Å². The molecular formula is C13H20N2O3S. The number of hydrogen-bond acceptors (Lipinski definition) is 4. The van der Waals surface area contributed by atoms with E-state index in [0.29, 0.717) is 38.9 Å². The number of amides is 1. The van der Waals surface area contributed by atoms with Crippen LogP contribution in [-0.4, -0.2) is 39.2 Å². The number of carbonyl (C=O) groups excluding carboxylic acids is 1. The van der Waals surface area contributed by atoms with Crippen LogP contribution < -0.4 is 4.87 Å². The number of aliphatic hydroxyl groups is 1. The molecule has 1 aromatic heterocycles. The Kier molecular flexibility index (Phi) is 4.10. The fraction of sp³-hybridized carbons (Fsp3) is 0.692. The molecule has 1 aliphatic heterocycles. The van der Waals surface area contributed by atoms with E-state index in [4.69, 9.17) is 0 Å². The van der Waals surface area contributed by atoms with E-state index < -0.39 is 5.60 Å². The molecule has 0 unspecified atom stereocenters. The van der Waals surface area contributed by atoms with Gasteiger partial charge in [-0.05, 0) is 19.8 Å². The van der Waals surface area contributed by atoms with Crippen LogP contribution in [0.5, 0.6) is 0 Å². The Labute approximate surface area is 116 Å². The largest absolute Gasteiger partial charge is 0.386 e. The Morgan fingerprint density at radius 3 is 2.74 bits per heavy atom. The van der Waals surface area contributed by atoms with Crippen molar-refractivity contribution in [3.05, 3.63) is 20.7 Å². The average molecular weight is 284 g/mol. The van der Waals surface area contributed by atoms with Crippen molar-refractivity contribution in [2.75, 3.05) is 13.1 Å². The molecule has 0 aromatic carbocycles. The number of hydrogen-bond donors (Lipinski definition) is 1. The monoisotopic (exact) mass is 284 g/mol. The SMILES string of the molecule is CCC1(O)CN(C(=O)CCCn2c(C)csc2=O)C1. The van der Waals surface area contributed by atoms with Crippen molar-refractivity contribution < 1.29 is 9.90 Å². The first-order chi connectivity index (χ1) is 8.95. The van der Waals surface area contributed by atoms with E-state index in [1.807, 2.05) is 19.2 Å². The van der Waals surface area contributed by atoms with Crippen LogP contribution in [0.25, 0.3) is 0 Å². The maximum atomic E-state index is 11.9. The van der Waals surface area contributed by atoms with Crippen molar-refractivity contribution in [1.82, 2.24) is 9.47 Å². The minimum Gasteiger partial charge on any atom is -0.386 e. The molecule has 1 amide bonds. The second-order valence-corrected chi connectivity index (χ2v) is 6.05. The van der Waals surface area contributed by atoms with Gasteiger partial charge in [-0.2, -0.15) is 0 Å². The molecule has 1 fully saturated rings. The fourth-order valence-electron chi connectivity index (χ4n) is 2.29. The number of nitrogens with zero attached hydrogens (tertiary/aromatic N) is 2. The summed E-state index contributed by atoms with van der Waals surface area (Å²) < 4.78 is 1.70. The Bertz CT molecular complexity index is 514. The second-order valence-electron chi connectivity index (χ2n) is 5.23. The quantitative estimate of drug-likeness (QED) is 0.877. The number of β-amino-alcohol motifs (C(OH)–C–C–N with tert-alkyl or cyclic N) is 1. The molecule has 1 saturated heterocycles. The van der Waals surface area contributed by atoms with E-state index >= 15 is 0 Å². The summed E-state index contributed by atoms with van der Waals surface area (Å²) in [7, 11) is 0. The number of thiazole rings is 1. The molecule has 1 aliphatic rings. The van der Waals surface area contributed by atoms with Gasteiger partial charge in [0.25, 0.3) is 0 Å². The minimum absolute atomic E-state index is 0.0363. The summed E-state index contributed by atoms with van der Waals surface area (Å²) in [5, 5.41) is 11.7. The van der Waals surface area contributed by atoms with E-state index in [9.17, 15) is 14.7 Å². The molecule has 0 spiro atoms. The summed E-state index contributed by atoms with van der Waals surface area (Å²) in [6.45, 7) is 5.30. The van der Waals surface area contributed by atoms with Crippen LogP contribution in [0.15, 0.2) is 10.2 Å². The van der Waals surface area contributed by atoms with Gasteiger partial charge in [-0.3, -0.25) is 9.59 Å². The van der Waals surface area contributed by atoms with Crippen LogP contribution in [0.1, 0.15) is 31.9 Å². The third-order valence-electron chi connectivity index (χ3n) is 3.73. The van der Waals surface area contributed by atoms with Crippen LogP contribution in [-0.2, 0) is 11.3 Å². The summed E-state index contributed by atoms with van der Waals surface area (Å²) in [4.78, 5) is 25.1. The minimum atomic E-state index is -0.670. The number of likely N-dealkylation sites (tertiary alicyclic amines) is 1. The number of carbonyl (C=O) groups is 1. The molecule has 5 nitrogen and oxygen atoms in total. The zero-order chi connectivity index (χ0) is 14.0. The molecule has 0 atom stereocenters. The van der Waals surface area contributed by atoms with Crippen molar-refractivity contribution in [3.8, 4) is 0 Å². The lowest BCUT2D eigenvalue weighted by Crippen LogP contribution is -2.63. The topological polar surface area (TPSA) is 62.5 Å². The Balaban J connectivity index is 1.75.